The Hall–Kier alpha value is -2.18. The highest BCUT2D eigenvalue weighted by molar-refractivity contribution is 5.26. The molecule has 1 N–H and O–H groups in total. The molecule has 5 heteroatoms. The van der Waals surface area contributed by atoms with Gasteiger partial charge in [-0.25, -0.2) is 0 Å². The van der Waals surface area contributed by atoms with Gasteiger partial charge in [0.2, 0.25) is 0 Å². The Kier molecular flexibility index (Phi) is 10.5. The molecule has 0 aromatic heterocycles. The second kappa shape index (κ2) is 13.1. The molecule has 5 nitrogen and oxygen atoms in total. The van der Waals surface area contributed by atoms with E-state index in [2.05, 4.69) is 6.58 Å². The van der Waals surface area contributed by atoms with Crippen molar-refractivity contribution in [2.24, 2.45) is 11.8 Å². The van der Waals surface area contributed by atoms with Crippen LogP contribution in [0.1, 0.15) is 18.1 Å². The molecule has 2 rings (SSSR count). The number of aliphatic hydroxyl groups is 1. The first kappa shape index (κ1) is 23.1. The number of rotatable bonds is 14. The van der Waals surface area contributed by atoms with Gasteiger partial charge in [-0.3, -0.25) is 0 Å². The van der Waals surface area contributed by atoms with Crippen LogP contribution in [0.15, 0.2) is 67.3 Å². The molecule has 0 saturated heterocycles. The maximum atomic E-state index is 10.1. The molecule has 0 amide bonds. The number of hydrogen-bond donors (Lipinski definition) is 1. The van der Waals surface area contributed by atoms with Crippen LogP contribution < -0.4 is 4.74 Å². The summed E-state index contributed by atoms with van der Waals surface area (Å²) in [6.07, 6.45) is 1.23. The summed E-state index contributed by atoms with van der Waals surface area (Å²) >= 11 is 0. The van der Waals surface area contributed by atoms with Crippen LogP contribution in [0.25, 0.3) is 0 Å². The molecule has 2 aromatic rings. The van der Waals surface area contributed by atoms with Crippen molar-refractivity contribution in [2.75, 3.05) is 27.1 Å². The number of ether oxygens (including phenoxy) is 4. The Bertz CT molecular complexity index is 684. The van der Waals surface area contributed by atoms with E-state index in [0.717, 1.165) is 16.9 Å². The van der Waals surface area contributed by atoms with Crippen molar-refractivity contribution in [2.45, 2.75) is 26.2 Å². The van der Waals surface area contributed by atoms with Gasteiger partial charge in [-0.15, -0.1) is 6.58 Å². The van der Waals surface area contributed by atoms with Gasteiger partial charge < -0.3 is 24.1 Å². The van der Waals surface area contributed by atoms with Crippen molar-refractivity contribution in [1.29, 1.82) is 0 Å². The molecule has 0 radical (unpaired) electrons. The van der Waals surface area contributed by atoms with E-state index >= 15 is 0 Å². The van der Waals surface area contributed by atoms with Crippen LogP contribution in [0.4, 0.5) is 0 Å². The molecule has 29 heavy (non-hydrogen) atoms. The number of methoxy groups -OCH3 is 1. The third-order valence-corrected chi connectivity index (χ3v) is 4.74. The maximum absolute atomic E-state index is 10.1. The van der Waals surface area contributed by atoms with Gasteiger partial charge in [-0.2, -0.15) is 0 Å². The van der Waals surface area contributed by atoms with E-state index in [9.17, 15) is 5.11 Å². The third-order valence-electron chi connectivity index (χ3n) is 4.74. The monoisotopic (exact) mass is 400 g/mol. The first-order chi connectivity index (χ1) is 14.1. The zero-order chi connectivity index (χ0) is 20.9. The predicted molar refractivity (Wildman–Crippen MR) is 114 cm³/mol. The van der Waals surface area contributed by atoms with Crippen molar-refractivity contribution in [3.63, 3.8) is 0 Å². The number of aliphatic hydroxyl groups excluding tert-OH is 1. The largest absolute Gasteiger partial charge is 0.497 e. The minimum atomic E-state index is -0.532. The maximum Gasteiger partial charge on any atom is 0.147 e. The lowest BCUT2D eigenvalue weighted by atomic mass is 9.89. The van der Waals surface area contributed by atoms with Crippen LogP contribution in [0.2, 0.25) is 0 Å². The van der Waals surface area contributed by atoms with Gasteiger partial charge in [0, 0.05) is 11.8 Å². The molecular weight excluding hydrogens is 368 g/mol. The summed E-state index contributed by atoms with van der Waals surface area (Å²) in [5.74, 6) is 0.669. The van der Waals surface area contributed by atoms with Crippen molar-refractivity contribution >= 4 is 0 Å². The first-order valence-electron chi connectivity index (χ1n) is 9.84. The van der Waals surface area contributed by atoms with E-state index in [1.807, 2.05) is 54.6 Å². The molecule has 0 saturated carbocycles. The fourth-order valence-corrected chi connectivity index (χ4v) is 3.10. The summed E-state index contributed by atoms with van der Waals surface area (Å²) in [4.78, 5) is 0. The van der Waals surface area contributed by atoms with Gasteiger partial charge in [0.15, 0.2) is 0 Å². The van der Waals surface area contributed by atoms with Gasteiger partial charge in [0.1, 0.15) is 12.5 Å². The second-order valence-electron chi connectivity index (χ2n) is 7.00. The SMILES string of the molecule is C=C[C@@H]([C@@H](COCOCc1ccccc1)COCc1ccc(OC)cc1)[C@H](C)O. The van der Waals surface area contributed by atoms with Gasteiger partial charge in [0.05, 0.1) is 39.6 Å². The third kappa shape index (κ3) is 8.38. The highest BCUT2D eigenvalue weighted by atomic mass is 16.7. The molecule has 3 atom stereocenters. The summed E-state index contributed by atoms with van der Waals surface area (Å²) in [6, 6.07) is 17.7. The predicted octanol–water partition coefficient (Wildman–Crippen LogP) is 4.20. The summed E-state index contributed by atoms with van der Waals surface area (Å²) in [6.45, 7) is 7.65. The van der Waals surface area contributed by atoms with E-state index in [0.29, 0.717) is 26.4 Å². The van der Waals surface area contributed by atoms with Crippen molar-refractivity contribution in [1.82, 2.24) is 0 Å². The Morgan fingerprint density at radius 2 is 1.52 bits per heavy atom. The fraction of sp³-hybridized carbons (Fsp3) is 0.417. The average molecular weight is 401 g/mol. The molecule has 0 aliphatic carbocycles. The van der Waals surface area contributed by atoms with E-state index in [4.69, 9.17) is 18.9 Å². The van der Waals surface area contributed by atoms with E-state index in [-0.39, 0.29) is 18.6 Å². The van der Waals surface area contributed by atoms with Crippen LogP contribution in [-0.4, -0.2) is 38.3 Å². The summed E-state index contributed by atoms with van der Waals surface area (Å²) < 4.78 is 22.3. The molecule has 0 heterocycles. The van der Waals surface area contributed by atoms with E-state index < -0.39 is 6.10 Å². The highest BCUT2D eigenvalue weighted by Crippen LogP contribution is 2.20. The summed E-state index contributed by atoms with van der Waals surface area (Å²) in [7, 11) is 1.64. The molecule has 158 valence electrons. The zero-order valence-corrected chi connectivity index (χ0v) is 17.3. The lowest BCUT2D eigenvalue weighted by Gasteiger charge is -2.26. The van der Waals surface area contributed by atoms with Crippen molar-refractivity contribution < 1.29 is 24.1 Å². The Morgan fingerprint density at radius 3 is 2.14 bits per heavy atom. The lowest BCUT2D eigenvalue weighted by molar-refractivity contribution is -0.0900. The molecule has 0 aliphatic rings. The highest BCUT2D eigenvalue weighted by Gasteiger charge is 2.24. The Morgan fingerprint density at radius 1 is 0.897 bits per heavy atom. The minimum absolute atomic E-state index is 0.0222. The van der Waals surface area contributed by atoms with Gasteiger partial charge >= 0.3 is 0 Å². The van der Waals surface area contributed by atoms with Gasteiger partial charge in [-0.1, -0.05) is 48.5 Å². The molecule has 0 unspecified atom stereocenters. The fourth-order valence-electron chi connectivity index (χ4n) is 3.10. The average Bonchev–Trinajstić information content (AvgIpc) is 2.74. The number of hydrogen-bond acceptors (Lipinski definition) is 5. The van der Waals surface area contributed by atoms with Crippen molar-refractivity contribution in [3.05, 3.63) is 78.4 Å². The quantitative estimate of drug-likeness (QED) is 0.293. The molecular formula is C24H32O5. The van der Waals surface area contributed by atoms with Crippen LogP contribution in [0.3, 0.4) is 0 Å². The molecule has 0 aliphatic heterocycles. The molecule has 0 fully saturated rings. The van der Waals surface area contributed by atoms with Crippen LogP contribution >= 0.6 is 0 Å². The Balaban J connectivity index is 1.78. The van der Waals surface area contributed by atoms with Gasteiger partial charge in [0.25, 0.3) is 0 Å². The number of benzene rings is 2. The summed E-state index contributed by atoms with van der Waals surface area (Å²) in [5, 5.41) is 10.1. The smallest absolute Gasteiger partial charge is 0.147 e. The zero-order valence-electron chi connectivity index (χ0n) is 17.3. The molecule has 2 aromatic carbocycles. The minimum Gasteiger partial charge on any atom is -0.497 e. The normalized spacial score (nSPS) is 14.2. The first-order valence-corrected chi connectivity index (χ1v) is 9.84. The second-order valence-corrected chi connectivity index (χ2v) is 7.00. The summed E-state index contributed by atoms with van der Waals surface area (Å²) in [5.41, 5.74) is 2.16. The standard InChI is InChI=1S/C24H32O5/c1-4-24(19(2)25)22(16-27-14-21-10-12-23(26-3)13-11-21)17-29-18-28-15-20-8-6-5-7-9-20/h4-13,19,22,24-25H,1,14-18H2,2-3H3/t19-,22+,24+/m0/s1. The van der Waals surface area contributed by atoms with Crippen LogP contribution in [0, 0.1) is 11.8 Å². The van der Waals surface area contributed by atoms with Crippen LogP contribution in [0.5, 0.6) is 5.75 Å². The lowest BCUT2D eigenvalue weighted by Crippen LogP contribution is -2.31. The van der Waals surface area contributed by atoms with E-state index in [1.165, 1.54) is 0 Å². The Labute approximate surface area is 173 Å². The van der Waals surface area contributed by atoms with E-state index in [1.54, 1.807) is 20.1 Å². The molecule has 0 spiro atoms. The van der Waals surface area contributed by atoms with Crippen molar-refractivity contribution in [3.8, 4) is 5.75 Å². The molecule has 0 bridgehead atoms. The topological polar surface area (TPSA) is 57.2 Å². The van der Waals surface area contributed by atoms with Gasteiger partial charge in [-0.05, 0) is 30.2 Å². The van der Waals surface area contributed by atoms with Crippen LogP contribution in [-0.2, 0) is 27.4 Å².